The van der Waals surface area contributed by atoms with Crippen LogP contribution in [0.5, 0.6) is 5.75 Å². The Bertz CT molecular complexity index is 1020. The summed E-state index contributed by atoms with van der Waals surface area (Å²) in [6.45, 7) is 8.78. The number of carbonyl (C=O) groups is 2. The molecule has 0 saturated heterocycles. The van der Waals surface area contributed by atoms with Gasteiger partial charge in [-0.05, 0) is 43.5 Å². The Labute approximate surface area is 196 Å². The van der Waals surface area contributed by atoms with Crippen LogP contribution in [-0.4, -0.2) is 45.2 Å². The monoisotopic (exact) mass is 452 g/mol. The summed E-state index contributed by atoms with van der Waals surface area (Å²) in [5.74, 6) is 0.491. The zero-order valence-electron chi connectivity index (χ0n) is 20.5. The van der Waals surface area contributed by atoms with Gasteiger partial charge in [-0.3, -0.25) is 14.3 Å². The Morgan fingerprint density at radius 2 is 1.85 bits per heavy atom. The summed E-state index contributed by atoms with van der Waals surface area (Å²) < 4.78 is 7.00. The minimum Gasteiger partial charge on any atom is -0.497 e. The number of rotatable bonds is 5. The van der Waals surface area contributed by atoms with Gasteiger partial charge in [-0.2, -0.15) is 5.10 Å². The van der Waals surface area contributed by atoms with Gasteiger partial charge in [0.05, 0.1) is 19.3 Å². The van der Waals surface area contributed by atoms with Crippen molar-refractivity contribution in [3.8, 4) is 5.75 Å². The fourth-order valence-corrected chi connectivity index (χ4v) is 4.76. The molecule has 178 valence electrons. The molecule has 2 aliphatic rings. The van der Waals surface area contributed by atoms with Crippen LogP contribution in [0, 0.1) is 0 Å². The van der Waals surface area contributed by atoms with E-state index in [9.17, 15) is 9.59 Å². The molecule has 4 rings (SSSR count). The zero-order chi connectivity index (χ0) is 23.8. The van der Waals surface area contributed by atoms with Crippen molar-refractivity contribution in [1.29, 1.82) is 0 Å². The fraction of sp³-hybridized carbons (Fsp3) is 0.577. The lowest BCUT2D eigenvalue weighted by molar-refractivity contribution is -0.134. The third-order valence-corrected chi connectivity index (χ3v) is 7.00. The molecule has 7 nitrogen and oxygen atoms in total. The predicted molar refractivity (Wildman–Crippen MR) is 127 cm³/mol. The molecule has 1 aromatic carbocycles. The molecule has 1 atom stereocenters. The number of hydrogen-bond acceptors (Lipinski definition) is 4. The molecule has 0 radical (unpaired) electrons. The van der Waals surface area contributed by atoms with Crippen LogP contribution in [0.3, 0.4) is 0 Å². The van der Waals surface area contributed by atoms with E-state index in [1.54, 1.807) is 16.7 Å². The maximum atomic E-state index is 13.8. The molecule has 7 heteroatoms. The maximum absolute atomic E-state index is 13.8. The van der Waals surface area contributed by atoms with E-state index >= 15 is 0 Å². The first-order valence-electron chi connectivity index (χ1n) is 12.0. The highest BCUT2D eigenvalue weighted by Crippen LogP contribution is 2.32. The maximum Gasteiger partial charge on any atom is 0.273 e. The van der Waals surface area contributed by atoms with Gasteiger partial charge in [0, 0.05) is 18.0 Å². The topological polar surface area (TPSA) is 76.5 Å². The van der Waals surface area contributed by atoms with Crippen LogP contribution < -0.4 is 10.1 Å². The van der Waals surface area contributed by atoms with Crippen molar-refractivity contribution in [1.82, 2.24) is 20.0 Å². The summed E-state index contributed by atoms with van der Waals surface area (Å²) in [6.07, 6.45) is 5.48. The molecule has 1 aliphatic carbocycles. The van der Waals surface area contributed by atoms with Gasteiger partial charge in [-0.15, -0.1) is 0 Å². The molecular weight excluding hydrogens is 416 g/mol. The Balaban J connectivity index is 1.69. The molecule has 1 aromatic heterocycles. The van der Waals surface area contributed by atoms with Gasteiger partial charge in [0.2, 0.25) is 5.91 Å². The van der Waals surface area contributed by atoms with Gasteiger partial charge >= 0.3 is 0 Å². The SMILES string of the molecule is COc1ccc(CN2C(=O)c3cc(C(C)(C)C)nn3C[C@]2(C)C(=O)NC2CCCCC2)cc1. The summed E-state index contributed by atoms with van der Waals surface area (Å²) in [5, 5.41) is 7.99. The number of fused-ring (bicyclic) bond motifs is 1. The van der Waals surface area contributed by atoms with Crippen LogP contribution in [0.1, 0.15) is 81.5 Å². The lowest BCUT2D eigenvalue weighted by Crippen LogP contribution is -2.64. The van der Waals surface area contributed by atoms with Crippen molar-refractivity contribution >= 4 is 11.8 Å². The number of hydrogen-bond donors (Lipinski definition) is 1. The second-order valence-electron chi connectivity index (χ2n) is 10.6. The third kappa shape index (κ3) is 4.63. The van der Waals surface area contributed by atoms with Crippen LogP contribution in [0.25, 0.3) is 0 Å². The van der Waals surface area contributed by atoms with E-state index in [2.05, 4.69) is 26.1 Å². The summed E-state index contributed by atoms with van der Waals surface area (Å²) >= 11 is 0. The van der Waals surface area contributed by atoms with E-state index in [0.717, 1.165) is 42.7 Å². The number of methoxy groups -OCH3 is 1. The molecular formula is C26H36N4O3. The van der Waals surface area contributed by atoms with Crippen molar-refractivity contribution in [2.75, 3.05) is 7.11 Å². The average molecular weight is 453 g/mol. The molecule has 1 aliphatic heterocycles. The largest absolute Gasteiger partial charge is 0.497 e. The Hall–Kier alpha value is -2.83. The van der Waals surface area contributed by atoms with Gasteiger partial charge in [-0.25, -0.2) is 0 Å². The molecule has 1 saturated carbocycles. The van der Waals surface area contributed by atoms with Crippen LogP contribution >= 0.6 is 0 Å². The predicted octanol–water partition coefficient (Wildman–Crippen LogP) is 4.05. The standard InChI is InChI=1S/C26H36N4O3/c1-25(2,3)22-15-21-23(31)29(16-18-11-13-20(33-5)14-12-18)26(4,17-30(21)28-22)24(32)27-19-9-7-6-8-10-19/h11-15,19H,6-10,16-17H2,1-5H3,(H,27,32)/t26-/m1/s1. The van der Waals surface area contributed by atoms with Gasteiger partial charge in [0.15, 0.2) is 0 Å². The lowest BCUT2D eigenvalue weighted by Gasteiger charge is -2.44. The van der Waals surface area contributed by atoms with Gasteiger partial charge < -0.3 is 15.0 Å². The highest BCUT2D eigenvalue weighted by Gasteiger charge is 2.48. The fourth-order valence-electron chi connectivity index (χ4n) is 4.76. The van der Waals surface area contributed by atoms with Crippen molar-refractivity contribution in [2.24, 2.45) is 0 Å². The van der Waals surface area contributed by atoms with Crippen molar-refractivity contribution in [3.05, 3.63) is 47.3 Å². The van der Waals surface area contributed by atoms with E-state index in [-0.39, 0.29) is 23.3 Å². The molecule has 2 heterocycles. The highest BCUT2D eigenvalue weighted by molar-refractivity contribution is 5.99. The number of amides is 2. The first-order chi connectivity index (χ1) is 15.6. The number of aromatic nitrogens is 2. The minimum atomic E-state index is -1.04. The Morgan fingerprint density at radius 1 is 1.18 bits per heavy atom. The van der Waals surface area contributed by atoms with Crippen LogP contribution in [0.4, 0.5) is 0 Å². The number of carbonyl (C=O) groups excluding carboxylic acids is 2. The second-order valence-corrected chi connectivity index (χ2v) is 10.6. The van der Waals surface area contributed by atoms with E-state index in [1.807, 2.05) is 37.3 Å². The van der Waals surface area contributed by atoms with Crippen LogP contribution in [-0.2, 0) is 23.3 Å². The quantitative estimate of drug-likeness (QED) is 0.742. The smallest absolute Gasteiger partial charge is 0.273 e. The minimum absolute atomic E-state index is 0.102. The molecule has 0 spiro atoms. The van der Waals surface area contributed by atoms with Crippen molar-refractivity contribution in [2.45, 2.75) is 89.9 Å². The normalized spacial score (nSPS) is 21.6. The average Bonchev–Trinajstić information content (AvgIpc) is 3.22. The molecule has 0 unspecified atom stereocenters. The van der Waals surface area contributed by atoms with Crippen molar-refractivity contribution in [3.63, 3.8) is 0 Å². The number of ether oxygens (including phenoxy) is 1. The first kappa shape index (κ1) is 23.3. The highest BCUT2D eigenvalue weighted by atomic mass is 16.5. The van der Waals surface area contributed by atoms with E-state index < -0.39 is 5.54 Å². The van der Waals surface area contributed by atoms with Crippen LogP contribution in [0.2, 0.25) is 0 Å². The van der Waals surface area contributed by atoms with Gasteiger partial charge in [-0.1, -0.05) is 52.2 Å². The first-order valence-corrected chi connectivity index (χ1v) is 12.0. The summed E-state index contributed by atoms with van der Waals surface area (Å²) in [7, 11) is 1.63. The van der Waals surface area contributed by atoms with Crippen LogP contribution in [0.15, 0.2) is 30.3 Å². The molecule has 1 N–H and O–H groups in total. The van der Waals surface area contributed by atoms with E-state index in [4.69, 9.17) is 9.84 Å². The molecule has 2 amide bonds. The molecule has 0 bridgehead atoms. The Morgan fingerprint density at radius 3 is 2.45 bits per heavy atom. The van der Waals surface area contributed by atoms with E-state index in [0.29, 0.717) is 18.8 Å². The van der Waals surface area contributed by atoms with Gasteiger partial charge in [0.25, 0.3) is 5.91 Å². The molecule has 1 fully saturated rings. The second kappa shape index (κ2) is 8.84. The Kier molecular flexibility index (Phi) is 6.25. The van der Waals surface area contributed by atoms with E-state index in [1.165, 1.54) is 6.42 Å². The molecule has 33 heavy (non-hydrogen) atoms. The number of nitrogens with zero attached hydrogens (tertiary/aromatic N) is 3. The number of nitrogens with one attached hydrogen (secondary N) is 1. The summed E-state index contributed by atoms with van der Waals surface area (Å²) in [4.78, 5) is 29.2. The molecule has 2 aromatic rings. The number of benzene rings is 1. The third-order valence-electron chi connectivity index (χ3n) is 7.00. The lowest BCUT2D eigenvalue weighted by atomic mass is 9.90. The van der Waals surface area contributed by atoms with Crippen molar-refractivity contribution < 1.29 is 14.3 Å². The summed E-state index contributed by atoms with van der Waals surface area (Å²) in [5.41, 5.74) is 1.11. The van der Waals surface area contributed by atoms with Gasteiger partial charge in [0.1, 0.15) is 17.0 Å². The zero-order valence-corrected chi connectivity index (χ0v) is 20.5. The summed E-state index contributed by atoms with van der Waals surface area (Å²) in [6, 6.07) is 9.69.